The topological polar surface area (TPSA) is 50.8 Å². The lowest BCUT2D eigenvalue weighted by atomic mass is 10.1. The van der Waals surface area contributed by atoms with Gasteiger partial charge in [0.25, 0.3) is 0 Å². The molecular formula is C18H21FN2O3. The van der Waals surface area contributed by atoms with Crippen molar-refractivity contribution in [2.75, 3.05) is 26.6 Å². The molecule has 0 radical (unpaired) electrons. The molecule has 6 heteroatoms. The SMILES string of the molecule is COc1cc(C)c(NC(=O)N(C)Cc2cccc(F)c2)cc1OC. The molecule has 0 unspecified atom stereocenters. The first-order valence-corrected chi connectivity index (χ1v) is 7.43. The van der Waals surface area contributed by atoms with Crippen LogP contribution in [0.25, 0.3) is 0 Å². The molecule has 0 spiro atoms. The lowest BCUT2D eigenvalue weighted by Crippen LogP contribution is -2.31. The number of hydrogen-bond donors (Lipinski definition) is 1. The summed E-state index contributed by atoms with van der Waals surface area (Å²) in [5.41, 5.74) is 2.19. The Hall–Kier alpha value is -2.76. The van der Waals surface area contributed by atoms with Gasteiger partial charge in [-0.1, -0.05) is 12.1 Å². The molecule has 0 aromatic heterocycles. The van der Waals surface area contributed by atoms with Gasteiger partial charge in [-0.05, 0) is 36.2 Å². The molecule has 2 rings (SSSR count). The zero-order valence-electron chi connectivity index (χ0n) is 14.2. The molecule has 128 valence electrons. The fourth-order valence-corrected chi connectivity index (χ4v) is 2.31. The zero-order chi connectivity index (χ0) is 17.7. The molecular weight excluding hydrogens is 311 g/mol. The van der Waals surface area contributed by atoms with E-state index in [1.807, 2.05) is 6.92 Å². The third-order valence-electron chi connectivity index (χ3n) is 3.63. The van der Waals surface area contributed by atoms with Crippen LogP contribution in [0.4, 0.5) is 14.9 Å². The quantitative estimate of drug-likeness (QED) is 0.906. The number of aryl methyl sites for hydroxylation is 1. The van der Waals surface area contributed by atoms with Crippen molar-refractivity contribution in [2.45, 2.75) is 13.5 Å². The largest absolute Gasteiger partial charge is 0.493 e. The van der Waals surface area contributed by atoms with E-state index >= 15 is 0 Å². The summed E-state index contributed by atoms with van der Waals surface area (Å²) in [6.45, 7) is 2.17. The average Bonchev–Trinajstić information content (AvgIpc) is 2.56. The highest BCUT2D eigenvalue weighted by molar-refractivity contribution is 5.90. The Morgan fingerprint density at radius 1 is 1.17 bits per heavy atom. The maximum Gasteiger partial charge on any atom is 0.321 e. The lowest BCUT2D eigenvalue weighted by Gasteiger charge is -2.20. The molecule has 2 aromatic rings. The standard InChI is InChI=1S/C18H21FN2O3/c1-12-8-16(23-3)17(24-4)10-15(12)20-18(22)21(2)11-13-6-5-7-14(19)9-13/h5-10H,11H2,1-4H3,(H,20,22). The van der Waals surface area contributed by atoms with Crippen LogP contribution in [0, 0.1) is 12.7 Å². The van der Waals surface area contributed by atoms with E-state index in [1.165, 1.54) is 24.1 Å². The second-order valence-corrected chi connectivity index (χ2v) is 5.44. The molecule has 2 amide bonds. The van der Waals surface area contributed by atoms with Gasteiger partial charge < -0.3 is 19.7 Å². The average molecular weight is 332 g/mol. The summed E-state index contributed by atoms with van der Waals surface area (Å²) in [6.07, 6.45) is 0. The van der Waals surface area contributed by atoms with Crippen molar-refractivity contribution >= 4 is 11.7 Å². The van der Waals surface area contributed by atoms with Crippen molar-refractivity contribution in [3.8, 4) is 11.5 Å². The Morgan fingerprint density at radius 2 is 1.83 bits per heavy atom. The smallest absolute Gasteiger partial charge is 0.321 e. The highest BCUT2D eigenvalue weighted by Crippen LogP contribution is 2.33. The molecule has 5 nitrogen and oxygen atoms in total. The minimum absolute atomic E-state index is 0.297. The summed E-state index contributed by atoms with van der Waals surface area (Å²) >= 11 is 0. The van der Waals surface area contributed by atoms with Crippen LogP contribution >= 0.6 is 0 Å². The second-order valence-electron chi connectivity index (χ2n) is 5.44. The number of amides is 2. The van der Waals surface area contributed by atoms with Crippen LogP contribution in [-0.2, 0) is 6.54 Å². The number of nitrogens with one attached hydrogen (secondary N) is 1. The number of halogens is 1. The van der Waals surface area contributed by atoms with E-state index < -0.39 is 0 Å². The van der Waals surface area contributed by atoms with Crippen molar-refractivity contribution < 1.29 is 18.7 Å². The molecule has 0 atom stereocenters. The summed E-state index contributed by atoms with van der Waals surface area (Å²) in [5, 5.41) is 2.83. The number of carbonyl (C=O) groups excluding carboxylic acids is 1. The fraction of sp³-hybridized carbons (Fsp3) is 0.278. The van der Waals surface area contributed by atoms with Crippen molar-refractivity contribution in [1.29, 1.82) is 0 Å². The van der Waals surface area contributed by atoms with Gasteiger partial charge >= 0.3 is 6.03 Å². The summed E-state index contributed by atoms with van der Waals surface area (Å²) < 4.78 is 23.7. The molecule has 0 heterocycles. The summed E-state index contributed by atoms with van der Waals surface area (Å²) in [4.78, 5) is 13.8. The van der Waals surface area contributed by atoms with E-state index in [1.54, 1.807) is 38.4 Å². The number of ether oxygens (including phenoxy) is 2. The van der Waals surface area contributed by atoms with Crippen LogP contribution in [0.2, 0.25) is 0 Å². The normalized spacial score (nSPS) is 10.2. The number of nitrogens with zero attached hydrogens (tertiary/aromatic N) is 1. The van der Waals surface area contributed by atoms with Gasteiger partial charge in [-0.2, -0.15) is 0 Å². The molecule has 1 N–H and O–H groups in total. The number of methoxy groups -OCH3 is 2. The Labute approximate surface area is 141 Å². The van der Waals surface area contributed by atoms with Gasteiger partial charge in [0, 0.05) is 25.3 Å². The third-order valence-corrected chi connectivity index (χ3v) is 3.63. The summed E-state index contributed by atoms with van der Waals surface area (Å²) in [7, 11) is 4.74. The second kappa shape index (κ2) is 7.68. The molecule has 0 aliphatic carbocycles. The van der Waals surface area contributed by atoms with Crippen molar-refractivity contribution in [3.63, 3.8) is 0 Å². The van der Waals surface area contributed by atoms with Crippen LogP contribution in [0.15, 0.2) is 36.4 Å². The van der Waals surface area contributed by atoms with Gasteiger partial charge in [-0.15, -0.1) is 0 Å². The van der Waals surface area contributed by atoms with Gasteiger partial charge in [0.2, 0.25) is 0 Å². The fourth-order valence-electron chi connectivity index (χ4n) is 2.31. The van der Waals surface area contributed by atoms with Gasteiger partial charge in [-0.3, -0.25) is 0 Å². The Bertz CT molecular complexity index is 734. The number of benzene rings is 2. The van der Waals surface area contributed by atoms with Gasteiger partial charge in [0.05, 0.1) is 14.2 Å². The number of rotatable bonds is 5. The van der Waals surface area contributed by atoms with Crippen molar-refractivity contribution in [2.24, 2.45) is 0 Å². The van der Waals surface area contributed by atoms with Gasteiger partial charge in [0.1, 0.15) is 5.82 Å². The van der Waals surface area contributed by atoms with Gasteiger partial charge in [-0.25, -0.2) is 9.18 Å². The number of hydrogen-bond acceptors (Lipinski definition) is 3. The predicted molar refractivity (Wildman–Crippen MR) is 91.2 cm³/mol. The van der Waals surface area contributed by atoms with Gasteiger partial charge in [0.15, 0.2) is 11.5 Å². The first-order valence-electron chi connectivity index (χ1n) is 7.43. The first-order chi connectivity index (χ1) is 11.4. The van der Waals surface area contributed by atoms with Crippen molar-refractivity contribution in [3.05, 3.63) is 53.3 Å². The minimum Gasteiger partial charge on any atom is -0.493 e. The third kappa shape index (κ3) is 4.16. The van der Waals surface area contributed by atoms with Crippen LogP contribution in [0.5, 0.6) is 11.5 Å². The Balaban J connectivity index is 2.11. The zero-order valence-corrected chi connectivity index (χ0v) is 14.2. The first kappa shape index (κ1) is 17.6. The maximum atomic E-state index is 13.2. The van der Waals surface area contributed by atoms with E-state index in [-0.39, 0.29) is 11.8 Å². The molecule has 24 heavy (non-hydrogen) atoms. The summed E-state index contributed by atoms with van der Waals surface area (Å²) in [6, 6.07) is 9.38. The highest BCUT2D eigenvalue weighted by Gasteiger charge is 2.14. The monoisotopic (exact) mass is 332 g/mol. The van der Waals surface area contributed by atoms with E-state index in [2.05, 4.69) is 5.32 Å². The van der Waals surface area contributed by atoms with Crippen LogP contribution < -0.4 is 14.8 Å². The lowest BCUT2D eigenvalue weighted by molar-refractivity contribution is 0.220. The van der Waals surface area contributed by atoms with E-state index in [0.29, 0.717) is 23.7 Å². The Kier molecular flexibility index (Phi) is 5.63. The Morgan fingerprint density at radius 3 is 2.46 bits per heavy atom. The van der Waals surface area contributed by atoms with Crippen molar-refractivity contribution in [1.82, 2.24) is 4.90 Å². The molecule has 0 saturated heterocycles. The number of anilines is 1. The molecule has 0 aliphatic rings. The van der Waals surface area contributed by atoms with E-state index in [4.69, 9.17) is 9.47 Å². The summed E-state index contributed by atoms with van der Waals surface area (Å²) in [5.74, 6) is 0.810. The van der Waals surface area contributed by atoms with E-state index in [0.717, 1.165) is 11.1 Å². The van der Waals surface area contributed by atoms with Crippen LogP contribution in [0.3, 0.4) is 0 Å². The minimum atomic E-state index is -0.322. The predicted octanol–water partition coefficient (Wildman–Crippen LogP) is 3.82. The number of carbonyl (C=O) groups is 1. The molecule has 0 bridgehead atoms. The molecule has 0 fully saturated rings. The van der Waals surface area contributed by atoms with E-state index in [9.17, 15) is 9.18 Å². The van der Waals surface area contributed by atoms with Crippen LogP contribution in [-0.4, -0.2) is 32.2 Å². The van der Waals surface area contributed by atoms with Crippen LogP contribution in [0.1, 0.15) is 11.1 Å². The number of urea groups is 1. The molecule has 2 aromatic carbocycles. The molecule has 0 aliphatic heterocycles. The maximum absolute atomic E-state index is 13.2. The molecule has 0 saturated carbocycles. The highest BCUT2D eigenvalue weighted by atomic mass is 19.1.